The molecule has 0 radical (unpaired) electrons. The highest BCUT2D eigenvalue weighted by molar-refractivity contribution is 7.88. The van der Waals surface area contributed by atoms with E-state index in [-0.39, 0.29) is 6.61 Å². The van der Waals surface area contributed by atoms with Gasteiger partial charge < -0.3 is 17.8 Å². The number of alkyl halides is 6. The van der Waals surface area contributed by atoms with Crippen LogP contribution in [-0.4, -0.2) is 79.1 Å². The van der Waals surface area contributed by atoms with Crippen molar-refractivity contribution in [2.45, 2.75) is 49.2 Å². The minimum absolute atomic E-state index is 0.0928. The van der Waals surface area contributed by atoms with Crippen LogP contribution in [0.4, 0.5) is 32.0 Å². The standard InChI is InChI=1S/C21H24F6N2O10S2Si/c1-36-16-8-13-14(9-17(16)39-41(34,35)21(25,26)27)29(11-37-5-6-42(2,3)4)19(31)15-7-12(10-28(15)18(13)30)38-40(32,33)20(22,23)24/h8-10,15H,5-7,11H2,1-4H3. The van der Waals surface area contributed by atoms with Gasteiger partial charge in [-0.05, 0) is 12.1 Å². The number of carbonyl (C=O) groups is 2. The molecule has 1 unspecified atom stereocenters. The monoisotopic (exact) mass is 670 g/mol. The highest BCUT2D eigenvalue weighted by Gasteiger charge is 2.52. The number of benzene rings is 1. The molecule has 3 rings (SSSR count). The van der Waals surface area contributed by atoms with Gasteiger partial charge in [-0.15, -0.1) is 0 Å². The van der Waals surface area contributed by atoms with Crippen molar-refractivity contribution >= 4 is 45.8 Å². The SMILES string of the molecule is COc1cc2c(cc1OS(=O)(=O)C(F)(F)F)N(COCC[Si](C)(C)C)C(=O)C1CC(OS(=O)(=O)C(F)(F)F)=CN1C2=O. The molecule has 0 spiro atoms. The summed E-state index contributed by atoms with van der Waals surface area (Å²) < 4.78 is 143. The predicted molar refractivity (Wildman–Crippen MR) is 134 cm³/mol. The fourth-order valence-electron chi connectivity index (χ4n) is 3.68. The number of rotatable bonds is 10. The maximum atomic E-state index is 13.6. The third-order valence-corrected chi connectivity index (χ3v) is 9.47. The molecule has 0 bridgehead atoms. The van der Waals surface area contributed by atoms with Crippen molar-refractivity contribution in [3.8, 4) is 11.5 Å². The highest BCUT2D eigenvalue weighted by atomic mass is 32.2. The Labute approximate surface area is 237 Å². The van der Waals surface area contributed by atoms with E-state index in [2.05, 4.69) is 8.37 Å². The summed E-state index contributed by atoms with van der Waals surface area (Å²) in [5, 5.41) is 0. The van der Waals surface area contributed by atoms with Crippen LogP contribution in [0.3, 0.4) is 0 Å². The second kappa shape index (κ2) is 11.2. The Kier molecular flexibility index (Phi) is 8.94. The summed E-state index contributed by atoms with van der Waals surface area (Å²) in [6, 6.07) is 0.305. The molecule has 21 heteroatoms. The number of anilines is 1. The van der Waals surface area contributed by atoms with Gasteiger partial charge in [0.15, 0.2) is 11.5 Å². The van der Waals surface area contributed by atoms with Gasteiger partial charge in [0.2, 0.25) is 0 Å². The number of carbonyl (C=O) groups excluding carboxylic acids is 2. The number of ether oxygens (including phenoxy) is 2. The molecule has 0 saturated heterocycles. The van der Waals surface area contributed by atoms with Crippen LogP contribution >= 0.6 is 0 Å². The molecule has 0 N–H and O–H groups in total. The van der Waals surface area contributed by atoms with Crippen molar-refractivity contribution in [2.75, 3.05) is 25.3 Å². The Balaban J connectivity index is 2.12. The fourth-order valence-corrected chi connectivity index (χ4v) is 5.38. The normalized spacial score (nSPS) is 18.3. The number of amides is 2. The zero-order chi connectivity index (χ0) is 32.1. The summed E-state index contributed by atoms with van der Waals surface area (Å²) in [5.41, 5.74) is -12.6. The molecular formula is C21H24F6N2O10S2Si. The molecule has 1 aromatic rings. The van der Waals surface area contributed by atoms with Crippen LogP contribution in [0.2, 0.25) is 25.7 Å². The van der Waals surface area contributed by atoms with Crippen molar-refractivity contribution in [3.63, 3.8) is 0 Å². The van der Waals surface area contributed by atoms with E-state index < -0.39 is 98.8 Å². The lowest BCUT2D eigenvalue weighted by atomic mass is 10.1. The molecule has 0 saturated carbocycles. The molecule has 12 nitrogen and oxygen atoms in total. The average molecular weight is 671 g/mol. The Morgan fingerprint density at radius 3 is 2.02 bits per heavy atom. The zero-order valence-electron chi connectivity index (χ0n) is 22.2. The number of methoxy groups -OCH3 is 1. The smallest absolute Gasteiger partial charge is 0.493 e. The second-order valence-corrected chi connectivity index (χ2v) is 18.8. The van der Waals surface area contributed by atoms with E-state index in [1.807, 2.05) is 19.6 Å². The quantitative estimate of drug-likeness (QED) is 0.119. The van der Waals surface area contributed by atoms with E-state index >= 15 is 0 Å². The van der Waals surface area contributed by atoms with Gasteiger partial charge in [-0.1, -0.05) is 19.6 Å². The van der Waals surface area contributed by atoms with Gasteiger partial charge in [-0.2, -0.15) is 43.2 Å². The van der Waals surface area contributed by atoms with Gasteiger partial charge in [0, 0.05) is 33.4 Å². The molecule has 0 fully saturated rings. The van der Waals surface area contributed by atoms with Gasteiger partial charge >= 0.3 is 31.3 Å². The first-order valence-corrected chi connectivity index (χ1v) is 18.2. The van der Waals surface area contributed by atoms with E-state index in [9.17, 15) is 52.8 Å². The van der Waals surface area contributed by atoms with Crippen molar-refractivity contribution < 1.29 is 70.6 Å². The third kappa shape index (κ3) is 6.94. The highest BCUT2D eigenvalue weighted by Crippen LogP contribution is 2.42. The van der Waals surface area contributed by atoms with E-state index in [1.165, 1.54) is 0 Å². The van der Waals surface area contributed by atoms with E-state index in [4.69, 9.17) is 9.47 Å². The molecule has 42 heavy (non-hydrogen) atoms. The Morgan fingerprint density at radius 2 is 1.50 bits per heavy atom. The number of hydrogen-bond donors (Lipinski definition) is 0. The summed E-state index contributed by atoms with van der Waals surface area (Å²) in [6.07, 6.45) is -0.263. The lowest BCUT2D eigenvalue weighted by Crippen LogP contribution is -2.45. The average Bonchev–Trinajstić information content (AvgIpc) is 3.21. The number of halogens is 6. The lowest BCUT2D eigenvalue weighted by molar-refractivity contribution is -0.123. The van der Waals surface area contributed by atoms with E-state index in [1.54, 1.807) is 0 Å². The Hall–Kier alpha value is -3.04. The van der Waals surface area contributed by atoms with E-state index in [0.717, 1.165) is 18.1 Å². The van der Waals surface area contributed by atoms with Crippen molar-refractivity contribution in [1.29, 1.82) is 0 Å². The maximum Gasteiger partial charge on any atom is 0.534 e. The molecular weight excluding hydrogens is 646 g/mol. The molecule has 2 heterocycles. The molecule has 2 aliphatic rings. The summed E-state index contributed by atoms with van der Waals surface area (Å²) in [5.74, 6) is -4.84. The van der Waals surface area contributed by atoms with Gasteiger partial charge in [0.1, 0.15) is 18.5 Å². The zero-order valence-corrected chi connectivity index (χ0v) is 24.8. The van der Waals surface area contributed by atoms with Crippen molar-refractivity contribution in [3.05, 3.63) is 29.7 Å². The lowest BCUT2D eigenvalue weighted by Gasteiger charge is -2.26. The van der Waals surface area contributed by atoms with Gasteiger partial charge in [0.05, 0.1) is 18.4 Å². The third-order valence-electron chi connectivity index (χ3n) is 5.80. The van der Waals surface area contributed by atoms with Crippen LogP contribution in [0.1, 0.15) is 16.8 Å². The van der Waals surface area contributed by atoms with Crippen LogP contribution in [0.15, 0.2) is 24.1 Å². The molecule has 236 valence electrons. The number of nitrogens with zero attached hydrogens (tertiary/aromatic N) is 2. The molecule has 1 atom stereocenters. The van der Waals surface area contributed by atoms with Crippen LogP contribution in [0, 0.1) is 0 Å². The van der Waals surface area contributed by atoms with E-state index in [0.29, 0.717) is 23.2 Å². The summed E-state index contributed by atoms with van der Waals surface area (Å²) in [4.78, 5) is 28.3. The largest absolute Gasteiger partial charge is 0.534 e. The molecule has 2 amide bonds. The molecule has 2 aliphatic heterocycles. The maximum absolute atomic E-state index is 13.6. The van der Waals surface area contributed by atoms with Crippen LogP contribution in [-0.2, 0) is 34.0 Å². The summed E-state index contributed by atoms with van der Waals surface area (Å²) >= 11 is 0. The first kappa shape index (κ1) is 33.5. The number of fused-ring (bicyclic) bond motifs is 2. The van der Waals surface area contributed by atoms with Crippen LogP contribution in [0.5, 0.6) is 11.5 Å². The van der Waals surface area contributed by atoms with Crippen molar-refractivity contribution in [1.82, 2.24) is 4.90 Å². The first-order valence-electron chi connectivity index (χ1n) is 11.6. The predicted octanol–water partition coefficient (Wildman–Crippen LogP) is 3.50. The number of hydrogen-bond acceptors (Lipinski definition) is 10. The van der Waals surface area contributed by atoms with Crippen LogP contribution < -0.4 is 13.8 Å². The van der Waals surface area contributed by atoms with Crippen LogP contribution in [0.25, 0.3) is 0 Å². The molecule has 1 aromatic carbocycles. The summed E-state index contributed by atoms with van der Waals surface area (Å²) in [6.45, 7) is 5.49. The van der Waals surface area contributed by atoms with Gasteiger partial charge in [-0.25, -0.2) is 0 Å². The molecule has 0 aliphatic carbocycles. The summed E-state index contributed by atoms with van der Waals surface area (Å²) in [7, 11) is -13.1. The Bertz CT molecular complexity index is 1500. The van der Waals surface area contributed by atoms with Crippen molar-refractivity contribution in [2.24, 2.45) is 0 Å². The first-order chi connectivity index (χ1) is 19.0. The second-order valence-electron chi connectivity index (χ2n) is 10.1. The molecule has 0 aromatic heterocycles. The minimum atomic E-state index is -6.23. The fraction of sp³-hybridized carbons (Fsp3) is 0.524. The van der Waals surface area contributed by atoms with Gasteiger partial charge in [-0.3, -0.25) is 19.4 Å². The Morgan fingerprint density at radius 1 is 0.929 bits per heavy atom. The topological polar surface area (TPSA) is 146 Å². The van der Waals surface area contributed by atoms with Gasteiger partial charge in [0.25, 0.3) is 11.8 Å². The minimum Gasteiger partial charge on any atom is -0.493 e.